The van der Waals surface area contributed by atoms with Gasteiger partial charge in [0.05, 0.1) is 26.4 Å². The number of hydrogen-bond donors (Lipinski definition) is 2. The van der Waals surface area contributed by atoms with Crippen LogP contribution in [0.25, 0.3) is 0 Å². The molecule has 1 heterocycles. The number of ether oxygens (including phenoxy) is 2. The summed E-state index contributed by atoms with van der Waals surface area (Å²) in [5.41, 5.74) is 3.36. The Hall–Kier alpha value is -2.31. The highest BCUT2D eigenvalue weighted by molar-refractivity contribution is 7.80. The average Bonchev–Trinajstić information content (AvgIpc) is 2.69. The number of hydrogen-bond acceptors (Lipinski definition) is 4. The van der Waals surface area contributed by atoms with Crippen molar-refractivity contribution in [1.82, 2.24) is 5.32 Å². The van der Waals surface area contributed by atoms with E-state index in [9.17, 15) is 0 Å². The number of methoxy groups -OCH3 is 1. The van der Waals surface area contributed by atoms with E-state index < -0.39 is 0 Å². The standard InChI is InChI=1S/C20H25N3O2S/c1-15(21-20(26)22-17-5-9-19(24-2)10-6-17)16-3-7-18(8-4-16)23-11-13-25-14-12-23/h3-10,15H,11-14H2,1-2H3,(H2,21,22,26)/t15-/m1/s1. The molecule has 0 spiro atoms. The van der Waals surface area contributed by atoms with Gasteiger partial charge in [0, 0.05) is 24.5 Å². The van der Waals surface area contributed by atoms with Crippen molar-refractivity contribution in [2.75, 3.05) is 43.6 Å². The predicted molar refractivity (Wildman–Crippen MR) is 110 cm³/mol. The number of benzene rings is 2. The molecule has 2 N–H and O–H groups in total. The van der Waals surface area contributed by atoms with Crippen LogP contribution in [0.4, 0.5) is 11.4 Å². The summed E-state index contributed by atoms with van der Waals surface area (Å²) in [7, 11) is 1.65. The molecule has 1 aliphatic rings. The molecule has 5 nitrogen and oxygen atoms in total. The Bertz CT molecular complexity index is 713. The highest BCUT2D eigenvalue weighted by Gasteiger charge is 2.12. The Labute approximate surface area is 160 Å². The van der Waals surface area contributed by atoms with Gasteiger partial charge in [-0.05, 0) is 61.1 Å². The first-order valence-electron chi connectivity index (χ1n) is 8.80. The smallest absolute Gasteiger partial charge is 0.171 e. The molecule has 0 unspecified atom stereocenters. The minimum atomic E-state index is 0.118. The van der Waals surface area contributed by atoms with E-state index in [-0.39, 0.29) is 6.04 Å². The summed E-state index contributed by atoms with van der Waals surface area (Å²) >= 11 is 5.43. The Balaban J connectivity index is 1.54. The lowest BCUT2D eigenvalue weighted by Crippen LogP contribution is -2.36. The van der Waals surface area contributed by atoms with Crippen LogP contribution in [0.5, 0.6) is 5.75 Å². The van der Waals surface area contributed by atoms with Gasteiger partial charge < -0.3 is 25.0 Å². The number of thiocarbonyl (C=S) groups is 1. The summed E-state index contributed by atoms with van der Waals surface area (Å²) < 4.78 is 10.6. The molecular formula is C20H25N3O2S. The van der Waals surface area contributed by atoms with Crippen molar-refractivity contribution in [3.8, 4) is 5.75 Å². The van der Waals surface area contributed by atoms with E-state index in [4.69, 9.17) is 21.7 Å². The van der Waals surface area contributed by atoms with Crippen LogP contribution >= 0.6 is 12.2 Å². The SMILES string of the molecule is COc1ccc(NC(=S)N[C@H](C)c2ccc(N3CCOCC3)cc2)cc1. The zero-order valence-corrected chi connectivity index (χ0v) is 16.0. The molecule has 1 aliphatic heterocycles. The monoisotopic (exact) mass is 371 g/mol. The van der Waals surface area contributed by atoms with Crippen molar-refractivity contribution < 1.29 is 9.47 Å². The van der Waals surface area contributed by atoms with Crippen molar-refractivity contribution in [3.63, 3.8) is 0 Å². The van der Waals surface area contributed by atoms with E-state index in [1.54, 1.807) is 7.11 Å². The molecule has 0 aliphatic carbocycles. The van der Waals surface area contributed by atoms with Crippen molar-refractivity contribution in [2.24, 2.45) is 0 Å². The highest BCUT2D eigenvalue weighted by Crippen LogP contribution is 2.20. The number of anilines is 2. The van der Waals surface area contributed by atoms with Crippen molar-refractivity contribution in [3.05, 3.63) is 54.1 Å². The maximum absolute atomic E-state index is 5.43. The molecule has 0 aromatic heterocycles. The fraction of sp³-hybridized carbons (Fsp3) is 0.350. The van der Waals surface area contributed by atoms with Gasteiger partial charge in [0.25, 0.3) is 0 Å². The fourth-order valence-corrected chi connectivity index (χ4v) is 3.21. The third kappa shape index (κ3) is 4.86. The molecule has 0 saturated carbocycles. The Morgan fingerprint density at radius 2 is 1.73 bits per heavy atom. The molecule has 1 saturated heterocycles. The van der Waals surface area contributed by atoms with Crippen LogP contribution in [0.15, 0.2) is 48.5 Å². The maximum Gasteiger partial charge on any atom is 0.171 e. The molecule has 6 heteroatoms. The minimum Gasteiger partial charge on any atom is -0.497 e. The second kappa shape index (κ2) is 8.87. The largest absolute Gasteiger partial charge is 0.497 e. The molecular weight excluding hydrogens is 346 g/mol. The second-order valence-corrected chi connectivity index (χ2v) is 6.65. The molecule has 26 heavy (non-hydrogen) atoms. The third-order valence-corrected chi connectivity index (χ3v) is 4.68. The van der Waals surface area contributed by atoms with E-state index in [2.05, 4.69) is 46.7 Å². The van der Waals surface area contributed by atoms with Gasteiger partial charge >= 0.3 is 0 Å². The van der Waals surface area contributed by atoms with Gasteiger partial charge in [0.1, 0.15) is 5.75 Å². The maximum atomic E-state index is 5.43. The van der Waals surface area contributed by atoms with E-state index in [0.29, 0.717) is 5.11 Å². The van der Waals surface area contributed by atoms with E-state index in [1.165, 1.54) is 11.3 Å². The number of morpholine rings is 1. The molecule has 1 fully saturated rings. The van der Waals surface area contributed by atoms with Crippen LogP contribution in [0.2, 0.25) is 0 Å². The molecule has 2 aromatic rings. The lowest BCUT2D eigenvalue weighted by molar-refractivity contribution is 0.122. The van der Waals surface area contributed by atoms with Gasteiger partial charge in [-0.2, -0.15) is 0 Å². The number of rotatable bonds is 5. The Kier molecular flexibility index (Phi) is 6.30. The van der Waals surface area contributed by atoms with Gasteiger partial charge in [-0.25, -0.2) is 0 Å². The van der Waals surface area contributed by atoms with E-state index in [1.807, 2.05) is 24.3 Å². The van der Waals surface area contributed by atoms with Crippen LogP contribution in [0.1, 0.15) is 18.5 Å². The highest BCUT2D eigenvalue weighted by atomic mass is 32.1. The zero-order chi connectivity index (χ0) is 18.4. The van der Waals surface area contributed by atoms with E-state index in [0.717, 1.165) is 37.7 Å². The molecule has 0 bridgehead atoms. The summed E-state index contributed by atoms with van der Waals surface area (Å²) in [5, 5.41) is 7.12. The minimum absolute atomic E-state index is 0.118. The second-order valence-electron chi connectivity index (χ2n) is 6.24. The summed E-state index contributed by atoms with van der Waals surface area (Å²) in [6.45, 7) is 5.59. The Morgan fingerprint density at radius 3 is 2.35 bits per heavy atom. The Morgan fingerprint density at radius 1 is 1.08 bits per heavy atom. The van der Waals surface area contributed by atoms with Crippen molar-refractivity contribution >= 4 is 28.7 Å². The summed E-state index contributed by atoms with van der Waals surface area (Å²) in [6.07, 6.45) is 0. The van der Waals surface area contributed by atoms with Gasteiger partial charge in [-0.3, -0.25) is 0 Å². The lowest BCUT2D eigenvalue weighted by Gasteiger charge is -2.29. The van der Waals surface area contributed by atoms with Gasteiger partial charge in [-0.15, -0.1) is 0 Å². The molecule has 0 radical (unpaired) electrons. The molecule has 138 valence electrons. The number of nitrogens with one attached hydrogen (secondary N) is 2. The topological polar surface area (TPSA) is 45.8 Å². The summed E-state index contributed by atoms with van der Waals surface area (Å²) in [4.78, 5) is 2.35. The first kappa shape index (κ1) is 18.5. The average molecular weight is 372 g/mol. The molecule has 0 amide bonds. The summed E-state index contributed by atoms with van der Waals surface area (Å²) in [5.74, 6) is 0.822. The van der Waals surface area contributed by atoms with Crippen LogP contribution in [0, 0.1) is 0 Å². The van der Waals surface area contributed by atoms with Crippen molar-refractivity contribution in [2.45, 2.75) is 13.0 Å². The third-order valence-electron chi connectivity index (χ3n) is 4.46. The zero-order valence-electron chi connectivity index (χ0n) is 15.2. The van der Waals surface area contributed by atoms with Crippen LogP contribution in [-0.4, -0.2) is 38.5 Å². The quantitative estimate of drug-likeness (QED) is 0.784. The van der Waals surface area contributed by atoms with Crippen LogP contribution < -0.4 is 20.3 Å². The van der Waals surface area contributed by atoms with Crippen LogP contribution in [0.3, 0.4) is 0 Å². The lowest BCUT2D eigenvalue weighted by atomic mass is 10.1. The van der Waals surface area contributed by atoms with E-state index >= 15 is 0 Å². The summed E-state index contributed by atoms with van der Waals surface area (Å²) in [6, 6.07) is 16.4. The van der Waals surface area contributed by atoms with Gasteiger partial charge in [0.2, 0.25) is 0 Å². The number of nitrogens with zero attached hydrogens (tertiary/aromatic N) is 1. The van der Waals surface area contributed by atoms with Gasteiger partial charge in [0.15, 0.2) is 5.11 Å². The first-order chi connectivity index (χ1) is 12.7. The molecule has 1 atom stereocenters. The van der Waals surface area contributed by atoms with Crippen molar-refractivity contribution in [1.29, 1.82) is 0 Å². The van der Waals surface area contributed by atoms with Crippen LogP contribution in [-0.2, 0) is 4.74 Å². The molecule has 3 rings (SSSR count). The first-order valence-corrected chi connectivity index (χ1v) is 9.21. The normalized spacial score (nSPS) is 15.2. The predicted octanol–water partition coefficient (Wildman–Crippen LogP) is 3.58. The molecule has 2 aromatic carbocycles. The fourth-order valence-electron chi connectivity index (χ4n) is 2.92. The van der Waals surface area contributed by atoms with Gasteiger partial charge in [-0.1, -0.05) is 12.1 Å².